The van der Waals surface area contributed by atoms with Gasteiger partial charge in [0.25, 0.3) is 0 Å². The van der Waals surface area contributed by atoms with Crippen LogP contribution in [-0.2, 0) is 11.8 Å². The highest BCUT2D eigenvalue weighted by molar-refractivity contribution is 6.31. The van der Waals surface area contributed by atoms with Crippen LogP contribution in [0.15, 0.2) is 30.5 Å². The van der Waals surface area contributed by atoms with Gasteiger partial charge in [-0.25, -0.2) is 9.18 Å². The summed E-state index contributed by atoms with van der Waals surface area (Å²) in [6, 6.07) is 4.10. The predicted molar refractivity (Wildman–Crippen MR) is 110 cm³/mol. The lowest BCUT2D eigenvalue weighted by molar-refractivity contribution is -0.138. The van der Waals surface area contributed by atoms with Gasteiger partial charge in [-0.15, -0.1) is 0 Å². The third kappa shape index (κ3) is 5.13. The summed E-state index contributed by atoms with van der Waals surface area (Å²) in [6.45, 7) is 0.862. The zero-order chi connectivity index (χ0) is 23.7. The first-order valence-electron chi connectivity index (χ1n) is 9.82. The lowest BCUT2D eigenvalue weighted by Gasteiger charge is -2.36. The number of benzene rings is 1. The number of pyridine rings is 1. The van der Waals surface area contributed by atoms with Gasteiger partial charge in [-0.05, 0) is 36.8 Å². The molecule has 1 aromatic heterocycles. The highest BCUT2D eigenvalue weighted by atomic mass is 35.5. The van der Waals surface area contributed by atoms with Crippen molar-refractivity contribution in [1.29, 1.82) is 0 Å². The molecule has 0 saturated carbocycles. The number of aliphatic hydroxyl groups is 2. The first kappa shape index (κ1) is 24.2. The second kappa shape index (κ2) is 9.21. The second-order valence-corrected chi connectivity index (χ2v) is 8.11. The molecule has 2 amide bonds. The van der Waals surface area contributed by atoms with Gasteiger partial charge in [-0.3, -0.25) is 4.98 Å². The monoisotopic (exact) mass is 475 g/mol. The van der Waals surface area contributed by atoms with E-state index >= 15 is 4.39 Å². The van der Waals surface area contributed by atoms with Crippen LogP contribution >= 0.6 is 11.6 Å². The molecule has 0 unspecified atom stereocenters. The zero-order valence-electron chi connectivity index (χ0n) is 17.1. The second-order valence-electron chi connectivity index (χ2n) is 7.71. The minimum absolute atomic E-state index is 0.00789. The smallest absolute Gasteiger partial charge is 0.393 e. The van der Waals surface area contributed by atoms with E-state index in [-0.39, 0.29) is 53.5 Å². The number of rotatable bonds is 4. The van der Waals surface area contributed by atoms with Gasteiger partial charge < -0.3 is 20.4 Å². The Bertz CT molecular complexity index is 995. The van der Waals surface area contributed by atoms with Gasteiger partial charge in [0.2, 0.25) is 0 Å². The molecule has 1 aromatic carbocycles. The number of hydrogen-bond donors (Lipinski definition) is 3. The number of carbonyl (C=O) groups excluding carboxylic acids is 1. The molecule has 1 aliphatic rings. The van der Waals surface area contributed by atoms with Gasteiger partial charge >= 0.3 is 12.2 Å². The number of nitrogens with zero attached hydrogens (tertiary/aromatic N) is 2. The number of piperidine rings is 1. The summed E-state index contributed by atoms with van der Waals surface area (Å²) < 4.78 is 54.2. The van der Waals surface area contributed by atoms with E-state index in [4.69, 9.17) is 16.7 Å². The minimum atomic E-state index is -4.48. The fourth-order valence-electron chi connectivity index (χ4n) is 3.63. The Morgan fingerprint density at radius 1 is 1.31 bits per heavy atom. The van der Waals surface area contributed by atoms with Crippen molar-refractivity contribution in [2.45, 2.75) is 37.7 Å². The van der Waals surface area contributed by atoms with E-state index < -0.39 is 36.2 Å². The third-order valence-electron chi connectivity index (χ3n) is 5.47. The summed E-state index contributed by atoms with van der Waals surface area (Å²) >= 11 is 6.15. The maximum absolute atomic E-state index is 15.5. The summed E-state index contributed by atoms with van der Waals surface area (Å²) in [5, 5.41) is 21.2. The summed E-state index contributed by atoms with van der Waals surface area (Å²) in [5.41, 5.74) is -2.23. The molecule has 2 heterocycles. The van der Waals surface area contributed by atoms with Crippen LogP contribution in [0, 0.1) is 6.92 Å². The van der Waals surface area contributed by atoms with E-state index in [0.29, 0.717) is 0 Å². The number of aromatic nitrogens is 1. The average Bonchev–Trinajstić information content (AvgIpc) is 2.72. The maximum atomic E-state index is 15.5. The van der Waals surface area contributed by atoms with E-state index in [1.165, 1.54) is 36.2 Å². The van der Waals surface area contributed by atoms with Gasteiger partial charge in [0, 0.05) is 43.4 Å². The van der Waals surface area contributed by atoms with Crippen molar-refractivity contribution in [3.05, 3.63) is 57.9 Å². The number of urea groups is 1. The molecule has 2 aromatic rings. The molecule has 0 bridgehead atoms. The van der Waals surface area contributed by atoms with Crippen molar-refractivity contribution < 1.29 is 32.6 Å². The molecule has 1 fully saturated rings. The lowest BCUT2D eigenvalue weighted by Crippen LogP contribution is -2.45. The van der Waals surface area contributed by atoms with Gasteiger partial charge in [0.05, 0.1) is 22.9 Å². The summed E-state index contributed by atoms with van der Waals surface area (Å²) in [4.78, 5) is 17.9. The van der Waals surface area contributed by atoms with Crippen LogP contribution in [0.1, 0.15) is 41.3 Å². The van der Waals surface area contributed by atoms with Gasteiger partial charge in [0.15, 0.2) is 5.67 Å². The Kier molecular flexibility index (Phi) is 6.97. The number of alkyl halides is 4. The molecule has 11 heteroatoms. The molecule has 3 rings (SSSR count). The molecule has 0 spiro atoms. The molecular formula is C21H22ClF4N3O3. The molecule has 1 aliphatic heterocycles. The molecule has 6 nitrogen and oxygen atoms in total. The molecule has 0 aliphatic carbocycles. The number of likely N-dealkylation sites (tertiary alicyclic amines) is 1. The number of nitrogens with one attached hydrogen (secondary N) is 1. The molecule has 174 valence electrons. The first-order valence-corrected chi connectivity index (χ1v) is 10.2. The van der Waals surface area contributed by atoms with Crippen LogP contribution in [0.3, 0.4) is 0 Å². The maximum Gasteiger partial charge on any atom is 0.416 e. The number of hydrogen-bond acceptors (Lipinski definition) is 4. The van der Waals surface area contributed by atoms with Crippen molar-refractivity contribution in [2.75, 3.05) is 25.0 Å². The summed E-state index contributed by atoms with van der Waals surface area (Å²) in [7, 11) is 0. The Morgan fingerprint density at radius 2 is 1.97 bits per heavy atom. The predicted octanol–water partition coefficient (Wildman–Crippen LogP) is 4.58. The van der Waals surface area contributed by atoms with Crippen molar-refractivity contribution in [2.24, 2.45) is 0 Å². The third-order valence-corrected chi connectivity index (χ3v) is 5.76. The van der Waals surface area contributed by atoms with Crippen LogP contribution in [0.2, 0.25) is 5.02 Å². The molecule has 32 heavy (non-hydrogen) atoms. The number of aryl methyl sites for hydroxylation is 1. The van der Waals surface area contributed by atoms with Crippen molar-refractivity contribution in [3.8, 4) is 0 Å². The molecule has 1 saturated heterocycles. The summed E-state index contributed by atoms with van der Waals surface area (Å²) in [6.07, 6.45) is -4.57. The van der Waals surface area contributed by atoms with Crippen LogP contribution < -0.4 is 5.32 Å². The number of amides is 2. The fraction of sp³-hybridized carbons (Fsp3) is 0.429. The highest BCUT2D eigenvalue weighted by Crippen LogP contribution is 2.40. The van der Waals surface area contributed by atoms with Gasteiger partial charge in [-0.1, -0.05) is 11.6 Å². The highest BCUT2D eigenvalue weighted by Gasteiger charge is 2.40. The van der Waals surface area contributed by atoms with Crippen molar-refractivity contribution in [3.63, 3.8) is 0 Å². The van der Waals surface area contributed by atoms with Crippen LogP contribution in [0.5, 0.6) is 0 Å². The average molecular weight is 476 g/mol. The van der Waals surface area contributed by atoms with Gasteiger partial charge in [-0.2, -0.15) is 13.2 Å². The SMILES string of the molecule is Cc1cc(NC(=O)N2CCC(F)(c3ncc([C@@H](O)CO)cc3Cl)CC2)ccc1C(F)(F)F. The van der Waals surface area contributed by atoms with Crippen LogP contribution in [-0.4, -0.2) is 45.8 Å². The van der Waals surface area contributed by atoms with Crippen LogP contribution in [0.4, 0.5) is 28.0 Å². The van der Waals surface area contributed by atoms with Gasteiger partial charge in [0.1, 0.15) is 6.10 Å². The largest absolute Gasteiger partial charge is 0.416 e. The molecule has 0 radical (unpaired) electrons. The number of carbonyl (C=O) groups is 1. The van der Waals surface area contributed by atoms with E-state index in [1.807, 2.05) is 0 Å². The number of halogens is 5. The quantitative estimate of drug-likeness (QED) is 0.565. The van der Waals surface area contributed by atoms with E-state index in [2.05, 4.69) is 10.3 Å². The van der Waals surface area contributed by atoms with E-state index in [9.17, 15) is 23.1 Å². The minimum Gasteiger partial charge on any atom is -0.393 e. The Morgan fingerprint density at radius 3 is 2.50 bits per heavy atom. The molecule has 1 atom stereocenters. The van der Waals surface area contributed by atoms with Crippen LogP contribution in [0.25, 0.3) is 0 Å². The normalized spacial score (nSPS) is 17.2. The summed E-state index contributed by atoms with van der Waals surface area (Å²) in [5.74, 6) is 0. The van der Waals surface area contributed by atoms with E-state index in [1.54, 1.807) is 0 Å². The van der Waals surface area contributed by atoms with E-state index in [0.717, 1.165) is 6.07 Å². The lowest BCUT2D eigenvalue weighted by atomic mass is 9.89. The topological polar surface area (TPSA) is 85.7 Å². The number of anilines is 1. The standard InChI is InChI=1S/C21H22ClF4N3O3/c1-12-8-14(2-3-15(12)21(24,25)26)28-19(32)29-6-4-20(23,5-7-29)18-16(22)9-13(10-27-18)17(31)11-30/h2-3,8-10,17,30-31H,4-7,11H2,1H3,(H,28,32)/t17-/m0/s1. The van der Waals surface area contributed by atoms with Crippen molar-refractivity contribution in [1.82, 2.24) is 9.88 Å². The fourth-order valence-corrected chi connectivity index (χ4v) is 3.98. The molecular weight excluding hydrogens is 454 g/mol. The Hall–Kier alpha value is -2.43. The number of aliphatic hydroxyl groups excluding tert-OH is 2. The Balaban J connectivity index is 1.65. The first-order chi connectivity index (χ1) is 14.9. The molecule has 3 N–H and O–H groups in total. The van der Waals surface area contributed by atoms with Crippen molar-refractivity contribution >= 4 is 23.3 Å². The Labute approximate surface area is 186 Å². The zero-order valence-corrected chi connectivity index (χ0v) is 17.8.